The van der Waals surface area contributed by atoms with Crippen LogP contribution in [0.5, 0.6) is 23.0 Å². The van der Waals surface area contributed by atoms with E-state index in [1.165, 1.54) is 14.2 Å². The summed E-state index contributed by atoms with van der Waals surface area (Å²) in [5.74, 6) is 0.930. The molecular formula is C18H18O6. The lowest BCUT2D eigenvalue weighted by Gasteiger charge is -2.17. The maximum absolute atomic E-state index is 11.6. The Balaban J connectivity index is 2.23. The first-order valence-electron chi connectivity index (χ1n) is 7.43. The molecule has 1 aliphatic rings. The third-order valence-corrected chi connectivity index (χ3v) is 4.03. The zero-order valence-corrected chi connectivity index (χ0v) is 13.7. The van der Waals surface area contributed by atoms with E-state index in [1.807, 2.05) is 12.1 Å². The van der Waals surface area contributed by atoms with Crippen molar-refractivity contribution in [2.45, 2.75) is 6.42 Å². The fourth-order valence-electron chi connectivity index (χ4n) is 2.95. The Labute approximate surface area is 139 Å². The van der Waals surface area contributed by atoms with Gasteiger partial charge in [0.15, 0.2) is 11.5 Å². The van der Waals surface area contributed by atoms with Gasteiger partial charge in [-0.05, 0) is 35.4 Å². The highest BCUT2D eigenvalue weighted by Crippen LogP contribution is 2.45. The molecule has 0 saturated carbocycles. The Morgan fingerprint density at radius 3 is 2.46 bits per heavy atom. The maximum Gasteiger partial charge on any atom is 0.339 e. The summed E-state index contributed by atoms with van der Waals surface area (Å²) in [6.07, 6.45) is 0.680. The van der Waals surface area contributed by atoms with Crippen LogP contribution in [0.2, 0.25) is 0 Å². The van der Waals surface area contributed by atoms with E-state index in [0.717, 1.165) is 16.7 Å². The van der Waals surface area contributed by atoms with Gasteiger partial charge in [0.2, 0.25) is 5.75 Å². The number of rotatable bonds is 5. The van der Waals surface area contributed by atoms with Gasteiger partial charge in [0.1, 0.15) is 11.3 Å². The molecule has 0 fully saturated rings. The van der Waals surface area contributed by atoms with Gasteiger partial charge in [0, 0.05) is 12.0 Å². The van der Waals surface area contributed by atoms with E-state index < -0.39 is 5.97 Å². The Hall–Kier alpha value is -2.89. The van der Waals surface area contributed by atoms with E-state index >= 15 is 0 Å². The minimum absolute atomic E-state index is 0.150. The Bertz CT molecular complexity index is 797. The minimum Gasteiger partial charge on any atom is -0.493 e. The molecule has 0 aliphatic carbocycles. The molecule has 0 aromatic heterocycles. The number of hydrogen-bond acceptors (Lipinski definition) is 5. The highest BCUT2D eigenvalue weighted by molar-refractivity contribution is 5.94. The molecule has 0 bridgehead atoms. The fraction of sp³-hybridized carbons (Fsp3) is 0.278. The maximum atomic E-state index is 11.6. The average molecular weight is 330 g/mol. The number of fused-ring (bicyclic) bond motifs is 1. The molecule has 0 spiro atoms. The van der Waals surface area contributed by atoms with Gasteiger partial charge in [-0.25, -0.2) is 4.79 Å². The van der Waals surface area contributed by atoms with Crippen molar-refractivity contribution in [3.05, 3.63) is 35.4 Å². The van der Waals surface area contributed by atoms with Crippen molar-refractivity contribution < 1.29 is 28.8 Å². The quantitative estimate of drug-likeness (QED) is 0.908. The molecule has 0 saturated heterocycles. The molecule has 1 heterocycles. The number of hydrogen-bond donors (Lipinski definition) is 1. The number of methoxy groups -OCH3 is 3. The van der Waals surface area contributed by atoms with Crippen LogP contribution in [0.4, 0.5) is 0 Å². The van der Waals surface area contributed by atoms with Crippen molar-refractivity contribution in [2.75, 3.05) is 27.9 Å². The summed E-state index contributed by atoms with van der Waals surface area (Å²) in [6.45, 7) is 0.488. The highest BCUT2D eigenvalue weighted by atomic mass is 16.5. The van der Waals surface area contributed by atoms with E-state index in [-0.39, 0.29) is 5.56 Å². The van der Waals surface area contributed by atoms with Gasteiger partial charge in [-0.15, -0.1) is 0 Å². The highest BCUT2D eigenvalue weighted by Gasteiger charge is 2.24. The number of benzene rings is 2. The number of carboxylic acid groups (broad SMARTS) is 1. The van der Waals surface area contributed by atoms with E-state index in [9.17, 15) is 9.90 Å². The van der Waals surface area contributed by atoms with E-state index in [2.05, 4.69) is 0 Å². The van der Waals surface area contributed by atoms with Gasteiger partial charge in [-0.2, -0.15) is 0 Å². The molecular weight excluding hydrogens is 312 g/mol. The number of ether oxygens (including phenoxy) is 4. The first kappa shape index (κ1) is 16.0. The molecule has 1 aliphatic heterocycles. The Morgan fingerprint density at radius 1 is 1.08 bits per heavy atom. The van der Waals surface area contributed by atoms with Gasteiger partial charge < -0.3 is 24.1 Å². The van der Waals surface area contributed by atoms with Crippen LogP contribution >= 0.6 is 0 Å². The predicted octanol–water partition coefficient (Wildman–Crippen LogP) is 3.01. The zero-order chi connectivity index (χ0) is 17.3. The molecule has 0 amide bonds. The predicted molar refractivity (Wildman–Crippen MR) is 87.7 cm³/mol. The molecule has 126 valence electrons. The smallest absolute Gasteiger partial charge is 0.339 e. The average Bonchev–Trinajstić information content (AvgIpc) is 3.07. The van der Waals surface area contributed by atoms with Gasteiger partial charge in [-0.3, -0.25) is 0 Å². The van der Waals surface area contributed by atoms with Crippen molar-refractivity contribution in [3.8, 4) is 34.1 Å². The molecule has 3 rings (SSSR count). The van der Waals surface area contributed by atoms with Crippen molar-refractivity contribution in [3.63, 3.8) is 0 Å². The van der Waals surface area contributed by atoms with E-state index in [4.69, 9.17) is 18.9 Å². The lowest BCUT2D eigenvalue weighted by Crippen LogP contribution is -2.01. The van der Waals surface area contributed by atoms with Gasteiger partial charge in [-0.1, -0.05) is 0 Å². The summed E-state index contributed by atoms with van der Waals surface area (Å²) < 4.78 is 21.6. The molecule has 6 heteroatoms. The molecule has 2 aromatic carbocycles. The second-order valence-electron chi connectivity index (χ2n) is 5.30. The molecule has 6 nitrogen and oxygen atoms in total. The third-order valence-electron chi connectivity index (χ3n) is 4.03. The Morgan fingerprint density at radius 2 is 1.83 bits per heavy atom. The number of aromatic carboxylic acids is 1. The molecule has 0 radical (unpaired) electrons. The lowest BCUT2D eigenvalue weighted by atomic mass is 9.97. The molecule has 1 N–H and O–H groups in total. The van der Waals surface area contributed by atoms with E-state index in [1.54, 1.807) is 19.2 Å². The van der Waals surface area contributed by atoms with Crippen LogP contribution in [0.1, 0.15) is 15.9 Å². The largest absolute Gasteiger partial charge is 0.493 e. The number of carbonyl (C=O) groups is 1. The standard InChI is InChI=1S/C18H18O6/c1-21-14-5-4-12(16(22-2)17(14)23-3)11-8-10-6-7-24-15(10)13(9-11)18(19)20/h4-5,8-9H,6-7H2,1-3H3,(H,19,20). The van der Waals surface area contributed by atoms with E-state index in [0.29, 0.717) is 36.0 Å². The first-order chi connectivity index (χ1) is 11.6. The van der Waals surface area contributed by atoms with Crippen molar-refractivity contribution >= 4 is 5.97 Å². The normalized spacial score (nSPS) is 12.3. The molecule has 2 aromatic rings. The summed E-state index contributed by atoms with van der Waals surface area (Å²) in [5.41, 5.74) is 2.49. The second-order valence-corrected chi connectivity index (χ2v) is 5.30. The summed E-state index contributed by atoms with van der Waals surface area (Å²) in [6, 6.07) is 7.11. The van der Waals surface area contributed by atoms with Crippen molar-refractivity contribution in [1.29, 1.82) is 0 Å². The summed E-state index contributed by atoms with van der Waals surface area (Å²) in [7, 11) is 4.62. The van der Waals surface area contributed by atoms with Crippen LogP contribution in [-0.2, 0) is 6.42 Å². The SMILES string of the molecule is COc1ccc(-c2cc3c(c(C(=O)O)c2)OCC3)c(OC)c1OC. The topological polar surface area (TPSA) is 74.2 Å². The summed E-state index contributed by atoms with van der Waals surface area (Å²) in [5, 5.41) is 9.47. The third kappa shape index (κ3) is 2.50. The monoisotopic (exact) mass is 330 g/mol. The van der Waals surface area contributed by atoms with Crippen LogP contribution in [0, 0.1) is 0 Å². The van der Waals surface area contributed by atoms with Crippen LogP contribution in [0.25, 0.3) is 11.1 Å². The van der Waals surface area contributed by atoms with Gasteiger partial charge in [0.05, 0.1) is 27.9 Å². The Kier molecular flexibility index (Phi) is 4.20. The van der Waals surface area contributed by atoms with Gasteiger partial charge in [0.25, 0.3) is 0 Å². The second kappa shape index (κ2) is 6.31. The minimum atomic E-state index is -1.02. The fourth-order valence-corrected chi connectivity index (χ4v) is 2.95. The van der Waals surface area contributed by atoms with Crippen LogP contribution in [0.3, 0.4) is 0 Å². The molecule has 24 heavy (non-hydrogen) atoms. The zero-order valence-electron chi connectivity index (χ0n) is 13.7. The van der Waals surface area contributed by atoms with Crippen LogP contribution in [-0.4, -0.2) is 39.0 Å². The van der Waals surface area contributed by atoms with Crippen LogP contribution < -0.4 is 18.9 Å². The summed E-state index contributed by atoms with van der Waals surface area (Å²) >= 11 is 0. The van der Waals surface area contributed by atoms with Crippen LogP contribution in [0.15, 0.2) is 24.3 Å². The van der Waals surface area contributed by atoms with Crippen molar-refractivity contribution in [2.24, 2.45) is 0 Å². The number of carboxylic acids is 1. The summed E-state index contributed by atoms with van der Waals surface area (Å²) in [4.78, 5) is 11.6. The van der Waals surface area contributed by atoms with Crippen molar-refractivity contribution in [1.82, 2.24) is 0 Å². The lowest BCUT2D eigenvalue weighted by molar-refractivity contribution is 0.0693. The van der Waals surface area contributed by atoms with Gasteiger partial charge >= 0.3 is 5.97 Å². The first-order valence-corrected chi connectivity index (χ1v) is 7.43. The molecule has 0 atom stereocenters. The molecule has 0 unspecified atom stereocenters.